The number of likely N-dealkylation sites (N-methyl/N-ethyl adjacent to an activating group) is 1. The monoisotopic (exact) mass is 269 g/mol. The second-order valence-corrected chi connectivity index (χ2v) is 4.23. The van der Waals surface area contributed by atoms with Crippen molar-refractivity contribution in [3.63, 3.8) is 0 Å². The Hall–Kier alpha value is -1.96. The van der Waals surface area contributed by atoms with E-state index in [0.29, 0.717) is 18.2 Å². The number of hydrogen-bond donors (Lipinski definition) is 2. The molecule has 2 N–H and O–H groups in total. The lowest BCUT2D eigenvalue weighted by molar-refractivity contribution is -0.385. The van der Waals surface area contributed by atoms with Gasteiger partial charge >= 0.3 is 5.69 Å². The third-order valence-corrected chi connectivity index (χ3v) is 2.82. The van der Waals surface area contributed by atoms with Gasteiger partial charge in [-0.25, -0.2) is 4.98 Å². The SMILES string of the molecule is CCNc1nc(C)c([N+](=O)[O-])c(N(C)C(C)CO)n1. The molecule has 1 atom stereocenters. The number of nitrogens with one attached hydrogen (secondary N) is 1. The predicted octanol–water partition coefficient (Wildman–Crippen LogP) is 0.942. The van der Waals surface area contributed by atoms with Gasteiger partial charge in [-0.05, 0) is 20.8 Å². The van der Waals surface area contributed by atoms with Gasteiger partial charge in [0.2, 0.25) is 11.8 Å². The fourth-order valence-electron chi connectivity index (χ4n) is 1.58. The number of aliphatic hydroxyl groups excluding tert-OH is 1. The minimum Gasteiger partial charge on any atom is -0.394 e. The van der Waals surface area contributed by atoms with Crippen molar-refractivity contribution >= 4 is 17.5 Å². The van der Waals surface area contributed by atoms with Gasteiger partial charge in [0.15, 0.2) is 0 Å². The molecule has 106 valence electrons. The summed E-state index contributed by atoms with van der Waals surface area (Å²) < 4.78 is 0. The normalized spacial score (nSPS) is 12.1. The Morgan fingerprint density at radius 2 is 2.16 bits per heavy atom. The number of rotatable bonds is 6. The van der Waals surface area contributed by atoms with Gasteiger partial charge in [-0.1, -0.05) is 0 Å². The molecule has 0 fully saturated rings. The maximum absolute atomic E-state index is 11.1. The van der Waals surface area contributed by atoms with E-state index in [1.807, 2.05) is 6.92 Å². The molecule has 0 aliphatic heterocycles. The Bertz CT molecular complexity index is 466. The van der Waals surface area contributed by atoms with Crippen LogP contribution in [0.4, 0.5) is 17.5 Å². The van der Waals surface area contributed by atoms with E-state index in [1.54, 1.807) is 25.8 Å². The Balaban J connectivity index is 3.35. The van der Waals surface area contributed by atoms with Crippen LogP contribution in [0.2, 0.25) is 0 Å². The van der Waals surface area contributed by atoms with E-state index in [0.717, 1.165) is 0 Å². The van der Waals surface area contributed by atoms with E-state index < -0.39 is 4.92 Å². The fourth-order valence-corrected chi connectivity index (χ4v) is 1.58. The summed E-state index contributed by atoms with van der Waals surface area (Å²) in [5.41, 5.74) is 0.160. The summed E-state index contributed by atoms with van der Waals surface area (Å²) in [6.45, 7) is 5.72. The zero-order valence-corrected chi connectivity index (χ0v) is 11.5. The average Bonchev–Trinajstić information content (AvgIpc) is 2.36. The number of anilines is 2. The highest BCUT2D eigenvalue weighted by Gasteiger charge is 2.26. The number of hydrogen-bond acceptors (Lipinski definition) is 7. The van der Waals surface area contributed by atoms with Crippen LogP contribution in [0.25, 0.3) is 0 Å². The molecular weight excluding hydrogens is 250 g/mol. The predicted molar refractivity (Wildman–Crippen MR) is 72.5 cm³/mol. The Labute approximate surface area is 111 Å². The zero-order valence-electron chi connectivity index (χ0n) is 11.5. The summed E-state index contributed by atoms with van der Waals surface area (Å²) in [5, 5.41) is 23.2. The number of nitro groups is 1. The summed E-state index contributed by atoms with van der Waals surface area (Å²) in [4.78, 5) is 20.4. The van der Waals surface area contributed by atoms with Crippen LogP contribution >= 0.6 is 0 Å². The first-order valence-corrected chi connectivity index (χ1v) is 6.02. The minimum atomic E-state index is -0.499. The first-order chi connectivity index (χ1) is 8.92. The average molecular weight is 269 g/mol. The van der Waals surface area contributed by atoms with E-state index in [-0.39, 0.29) is 24.2 Å². The van der Waals surface area contributed by atoms with Crippen LogP contribution in [-0.4, -0.2) is 46.2 Å². The molecule has 0 saturated carbocycles. The molecule has 0 amide bonds. The second-order valence-electron chi connectivity index (χ2n) is 4.23. The largest absolute Gasteiger partial charge is 0.394 e. The summed E-state index contributed by atoms with van der Waals surface area (Å²) in [5.74, 6) is 0.549. The van der Waals surface area contributed by atoms with Crippen LogP contribution in [0.1, 0.15) is 19.5 Å². The van der Waals surface area contributed by atoms with Gasteiger partial charge in [0.05, 0.1) is 17.6 Å². The summed E-state index contributed by atoms with van der Waals surface area (Å²) in [7, 11) is 1.66. The van der Waals surface area contributed by atoms with Gasteiger partial charge in [0.25, 0.3) is 0 Å². The van der Waals surface area contributed by atoms with E-state index in [2.05, 4.69) is 15.3 Å². The van der Waals surface area contributed by atoms with Crippen molar-refractivity contribution in [2.45, 2.75) is 26.8 Å². The molecule has 8 nitrogen and oxygen atoms in total. The number of aliphatic hydroxyl groups is 1. The summed E-state index contributed by atoms with van der Waals surface area (Å²) in [6, 6.07) is -0.275. The summed E-state index contributed by atoms with van der Waals surface area (Å²) in [6.07, 6.45) is 0. The molecule has 1 heterocycles. The van der Waals surface area contributed by atoms with E-state index in [4.69, 9.17) is 5.11 Å². The van der Waals surface area contributed by atoms with Crippen molar-refractivity contribution in [1.29, 1.82) is 0 Å². The van der Waals surface area contributed by atoms with E-state index in [9.17, 15) is 10.1 Å². The Morgan fingerprint density at radius 3 is 2.63 bits per heavy atom. The van der Waals surface area contributed by atoms with Crippen LogP contribution < -0.4 is 10.2 Å². The standard InChI is InChI=1S/C11H19N5O3/c1-5-12-11-13-8(3)9(16(18)19)10(14-11)15(4)7(2)6-17/h7,17H,5-6H2,1-4H3,(H,12,13,14). The van der Waals surface area contributed by atoms with Crippen LogP contribution in [0.15, 0.2) is 0 Å². The Morgan fingerprint density at radius 1 is 1.53 bits per heavy atom. The smallest absolute Gasteiger partial charge is 0.332 e. The Kier molecular flexibility index (Phi) is 4.99. The third kappa shape index (κ3) is 3.28. The van der Waals surface area contributed by atoms with Crippen molar-refractivity contribution in [2.24, 2.45) is 0 Å². The first kappa shape index (κ1) is 15.1. The second kappa shape index (κ2) is 6.28. The first-order valence-electron chi connectivity index (χ1n) is 6.02. The van der Waals surface area contributed by atoms with Crippen molar-refractivity contribution in [1.82, 2.24) is 9.97 Å². The van der Waals surface area contributed by atoms with Crippen molar-refractivity contribution in [3.8, 4) is 0 Å². The molecule has 0 spiro atoms. The molecular formula is C11H19N5O3. The minimum absolute atomic E-state index is 0.118. The lowest BCUT2D eigenvalue weighted by atomic mass is 10.2. The zero-order chi connectivity index (χ0) is 14.6. The number of aryl methyl sites for hydroxylation is 1. The molecule has 1 aromatic heterocycles. The van der Waals surface area contributed by atoms with Crippen LogP contribution in [0.3, 0.4) is 0 Å². The van der Waals surface area contributed by atoms with Gasteiger partial charge < -0.3 is 15.3 Å². The van der Waals surface area contributed by atoms with Crippen LogP contribution in [0, 0.1) is 17.0 Å². The van der Waals surface area contributed by atoms with Gasteiger partial charge in [-0.2, -0.15) is 4.98 Å². The number of aromatic nitrogens is 2. The lowest BCUT2D eigenvalue weighted by Gasteiger charge is -2.24. The highest BCUT2D eigenvalue weighted by molar-refractivity contribution is 5.62. The molecule has 0 aromatic carbocycles. The summed E-state index contributed by atoms with van der Waals surface area (Å²) >= 11 is 0. The van der Waals surface area contributed by atoms with Gasteiger partial charge in [0, 0.05) is 13.6 Å². The van der Waals surface area contributed by atoms with Gasteiger partial charge in [-0.3, -0.25) is 10.1 Å². The molecule has 8 heteroatoms. The molecule has 0 bridgehead atoms. The fraction of sp³-hybridized carbons (Fsp3) is 0.636. The van der Waals surface area contributed by atoms with Crippen molar-refractivity contribution < 1.29 is 10.0 Å². The molecule has 0 radical (unpaired) electrons. The molecule has 19 heavy (non-hydrogen) atoms. The molecule has 0 aliphatic carbocycles. The highest BCUT2D eigenvalue weighted by atomic mass is 16.6. The quantitative estimate of drug-likeness (QED) is 0.585. The molecule has 0 saturated heterocycles. The highest BCUT2D eigenvalue weighted by Crippen LogP contribution is 2.30. The lowest BCUT2D eigenvalue weighted by Crippen LogP contribution is -2.33. The van der Waals surface area contributed by atoms with Gasteiger partial charge in [-0.15, -0.1) is 0 Å². The molecule has 1 unspecified atom stereocenters. The third-order valence-electron chi connectivity index (χ3n) is 2.82. The van der Waals surface area contributed by atoms with Gasteiger partial charge in [0.1, 0.15) is 5.69 Å². The maximum atomic E-state index is 11.1. The maximum Gasteiger partial charge on any atom is 0.332 e. The van der Waals surface area contributed by atoms with Crippen LogP contribution in [-0.2, 0) is 0 Å². The van der Waals surface area contributed by atoms with E-state index in [1.165, 1.54) is 0 Å². The van der Waals surface area contributed by atoms with Crippen LogP contribution in [0.5, 0.6) is 0 Å². The van der Waals surface area contributed by atoms with E-state index >= 15 is 0 Å². The topological polar surface area (TPSA) is 104 Å². The molecule has 1 aromatic rings. The van der Waals surface area contributed by atoms with Crippen molar-refractivity contribution in [2.75, 3.05) is 30.4 Å². The molecule has 1 rings (SSSR count). The van der Waals surface area contributed by atoms with Crippen molar-refractivity contribution in [3.05, 3.63) is 15.8 Å². The number of nitrogens with zero attached hydrogens (tertiary/aromatic N) is 4. The molecule has 0 aliphatic rings.